The summed E-state index contributed by atoms with van der Waals surface area (Å²) in [6, 6.07) is 12.7. The molecule has 0 saturated carbocycles. The number of hydrogen-bond donors (Lipinski definition) is 0. The number of aryl methyl sites for hydroxylation is 2. The van der Waals surface area contributed by atoms with Crippen LogP contribution >= 0.6 is 0 Å². The Morgan fingerprint density at radius 2 is 1.88 bits per heavy atom. The van der Waals surface area contributed by atoms with Gasteiger partial charge in [0, 0.05) is 12.5 Å². The Labute approximate surface area is 138 Å². The zero-order valence-electron chi connectivity index (χ0n) is 13.2. The quantitative estimate of drug-likeness (QED) is 0.523. The minimum atomic E-state index is -0.562. The molecule has 0 saturated heterocycles. The van der Waals surface area contributed by atoms with Crippen molar-refractivity contribution in [3.05, 3.63) is 69.7 Å². The zero-order chi connectivity index (χ0) is 17.1. The van der Waals surface area contributed by atoms with Crippen LogP contribution in [-0.4, -0.2) is 14.9 Å². The Hall–Kier alpha value is -3.22. The van der Waals surface area contributed by atoms with Gasteiger partial charge in [0.1, 0.15) is 23.8 Å². The Bertz CT molecular complexity index is 875. The standard InChI is InChI=1S/C17H15N3O4/c1-11-8-9-15(16(18-11)20(21)22)23-10-14-12(2)24-17(19-14)13-6-4-3-5-7-13/h3-9H,10H2,1-2H3. The van der Waals surface area contributed by atoms with Gasteiger partial charge in [-0.25, -0.2) is 4.98 Å². The fraction of sp³-hybridized carbons (Fsp3) is 0.176. The smallest absolute Gasteiger partial charge is 0.406 e. The molecule has 2 heterocycles. The largest absolute Gasteiger partial charge is 0.479 e. The van der Waals surface area contributed by atoms with Crippen molar-refractivity contribution in [2.24, 2.45) is 0 Å². The van der Waals surface area contributed by atoms with Crippen LogP contribution in [0.25, 0.3) is 11.5 Å². The number of oxazole rings is 1. The summed E-state index contributed by atoms with van der Waals surface area (Å²) in [6.45, 7) is 3.53. The fourth-order valence-electron chi connectivity index (χ4n) is 2.19. The van der Waals surface area contributed by atoms with Crippen LogP contribution in [0.5, 0.6) is 5.75 Å². The minimum absolute atomic E-state index is 0.0632. The van der Waals surface area contributed by atoms with Gasteiger partial charge >= 0.3 is 5.82 Å². The molecule has 0 atom stereocenters. The van der Waals surface area contributed by atoms with Crippen LogP contribution in [0, 0.1) is 24.0 Å². The molecule has 0 fully saturated rings. The van der Waals surface area contributed by atoms with Crippen LogP contribution in [-0.2, 0) is 6.61 Å². The lowest BCUT2D eigenvalue weighted by molar-refractivity contribution is -0.390. The lowest BCUT2D eigenvalue weighted by Crippen LogP contribution is -2.02. The lowest BCUT2D eigenvalue weighted by atomic mass is 10.2. The van der Waals surface area contributed by atoms with E-state index in [1.807, 2.05) is 30.3 Å². The Morgan fingerprint density at radius 3 is 2.58 bits per heavy atom. The summed E-state index contributed by atoms with van der Waals surface area (Å²) in [5.41, 5.74) is 2.00. The number of aromatic nitrogens is 2. The molecule has 0 N–H and O–H groups in total. The maximum Gasteiger partial charge on any atom is 0.406 e. The van der Waals surface area contributed by atoms with Crippen LogP contribution in [0.1, 0.15) is 17.1 Å². The van der Waals surface area contributed by atoms with Gasteiger partial charge < -0.3 is 19.3 Å². The van der Waals surface area contributed by atoms with Crippen LogP contribution < -0.4 is 4.74 Å². The molecule has 1 aromatic carbocycles. The Balaban J connectivity index is 1.81. The van der Waals surface area contributed by atoms with Gasteiger partial charge in [-0.1, -0.05) is 18.2 Å². The number of rotatable bonds is 5. The average Bonchev–Trinajstić information content (AvgIpc) is 2.95. The summed E-state index contributed by atoms with van der Waals surface area (Å²) < 4.78 is 11.2. The van der Waals surface area contributed by atoms with E-state index in [0.717, 1.165) is 5.56 Å². The molecule has 0 aliphatic rings. The van der Waals surface area contributed by atoms with E-state index in [1.54, 1.807) is 19.9 Å². The molecule has 0 spiro atoms. The van der Waals surface area contributed by atoms with Crippen molar-refractivity contribution in [2.45, 2.75) is 20.5 Å². The molecule has 7 nitrogen and oxygen atoms in total. The van der Waals surface area contributed by atoms with Crippen molar-refractivity contribution in [1.82, 2.24) is 9.97 Å². The molecule has 122 valence electrons. The van der Waals surface area contributed by atoms with E-state index >= 15 is 0 Å². The van der Waals surface area contributed by atoms with Crippen molar-refractivity contribution in [3.63, 3.8) is 0 Å². The van der Waals surface area contributed by atoms with E-state index in [4.69, 9.17) is 9.15 Å². The molecule has 3 rings (SSSR count). The summed E-state index contributed by atoms with van der Waals surface area (Å²) in [5.74, 6) is 0.897. The molecule has 0 aliphatic heterocycles. The van der Waals surface area contributed by atoms with Gasteiger partial charge in [0.25, 0.3) is 0 Å². The molecule has 3 aromatic rings. The normalized spacial score (nSPS) is 10.6. The topological polar surface area (TPSA) is 91.3 Å². The zero-order valence-corrected chi connectivity index (χ0v) is 13.2. The third kappa shape index (κ3) is 3.24. The fourth-order valence-corrected chi connectivity index (χ4v) is 2.19. The highest BCUT2D eigenvalue weighted by Gasteiger charge is 2.19. The molecule has 0 unspecified atom stereocenters. The monoisotopic (exact) mass is 325 g/mol. The number of nitro groups is 1. The van der Waals surface area contributed by atoms with Crippen molar-refractivity contribution in [3.8, 4) is 17.2 Å². The molecule has 7 heteroatoms. The molecular formula is C17H15N3O4. The maximum atomic E-state index is 11.1. The first kappa shape index (κ1) is 15.7. The molecule has 0 radical (unpaired) electrons. The maximum absolute atomic E-state index is 11.1. The lowest BCUT2D eigenvalue weighted by Gasteiger charge is -2.05. The molecule has 0 bridgehead atoms. The SMILES string of the molecule is Cc1ccc(OCc2nc(-c3ccccc3)oc2C)c([N+](=O)[O-])n1. The predicted molar refractivity (Wildman–Crippen MR) is 86.6 cm³/mol. The highest BCUT2D eigenvalue weighted by molar-refractivity contribution is 5.53. The first-order valence-corrected chi connectivity index (χ1v) is 7.31. The van der Waals surface area contributed by atoms with Gasteiger partial charge in [-0.3, -0.25) is 0 Å². The number of benzene rings is 1. The highest BCUT2D eigenvalue weighted by Crippen LogP contribution is 2.27. The predicted octanol–water partition coefficient (Wildman–Crippen LogP) is 3.84. The van der Waals surface area contributed by atoms with Gasteiger partial charge in [-0.2, -0.15) is 0 Å². The Morgan fingerprint density at radius 1 is 1.12 bits per heavy atom. The van der Waals surface area contributed by atoms with Crippen molar-refractivity contribution in [2.75, 3.05) is 0 Å². The van der Waals surface area contributed by atoms with Gasteiger partial charge in [-0.05, 0) is 41.1 Å². The number of hydrogen-bond acceptors (Lipinski definition) is 6. The van der Waals surface area contributed by atoms with Gasteiger partial charge in [0.2, 0.25) is 11.6 Å². The van der Waals surface area contributed by atoms with Crippen LogP contribution in [0.2, 0.25) is 0 Å². The molecule has 2 aromatic heterocycles. The van der Waals surface area contributed by atoms with Crippen LogP contribution in [0.3, 0.4) is 0 Å². The van der Waals surface area contributed by atoms with Crippen LogP contribution in [0.4, 0.5) is 5.82 Å². The second-order valence-electron chi connectivity index (χ2n) is 5.21. The summed E-state index contributed by atoms with van der Waals surface area (Å²) in [5, 5.41) is 11.1. The van der Waals surface area contributed by atoms with Crippen molar-refractivity contribution < 1.29 is 14.1 Å². The van der Waals surface area contributed by atoms with E-state index in [0.29, 0.717) is 23.0 Å². The minimum Gasteiger partial charge on any atom is -0.479 e. The second kappa shape index (κ2) is 6.49. The average molecular weight is 325 g/mol. The van der Waals surface area contributed by atoms with E-state index in [-0.39, 0.29) is 18.2 Å². The third-order valence-electron chi connectivity index (χ3n) is 3.43. The molecular weight excluding hydrogens is 310 g/mol. The van der Waals surface area contributed by atoms with E-state index < -0.39 is 4.92 Å². The summed E-state index contributed by atoms with van der Waals surface area (Å²) in [6.07, 6.45) is 0. The van der Waals surface area contributed by atoms with Crippen molar-refractivity contribution in [1.29, 1.82) is 0 Å². The van der Waals surface area contributed by atoms with Gasteiger partial charge in [0.05, 0.1) is 0 Å². The number of nitrogens with zero attached hydrogens (tertiary/aromatic N) is 3. The van der Waals surface area contributed by atoms with Gasteiger partial charge in [0.15, 0.2) is 0 Å². The third-order valence-corrected chi connectivity index (χ3v) is 3.43. The first-order chi connectivity index (χ1) is 11.5. The van der Waals surface area contributed by atoms with E-state index in [2.05, 4.69) is 9.97 Å². The second-order valence-corrected chi connectivity index (χ2v) is 5.21. The summed E-state index contributed by atoms with van der Waals surface area (Å²) >= 11 is 0. The first-order valence-electron chi connectivity index (χ1n) is 7.31. The van der Waals surface area contributed by atoms with Gasteiger partial charge in [-0.15, -0.1) is 0 Å². The Kier molecular flexibility index (Phi) is 4.24. The van der Waals surface area contributed by atoms with Crippen molar-refractivity contribution >= 4 is 5.82 Å². The van der Waals surface area contributed by atoms with E-state index in [9.17, 15) is 10.1 Å². The summed E-state index contributed by atoms with van der Waals surface area (Å²) in [4.78, 5) is 18.8. The molecule has 0 amide bonds. The number of pyridine rings is 1. The molecule has 0 aliphatic carbocycles. The van der Waals surface area contributed by atoms with Crippen LogP contribution in [0.15, 0.2) is 46.9 Å². The van der Waals surface area contributed by atoms with E-state index in [1.165, 1.54) is 6.07 Å². The molecule has 24 heavy (non-hydrogen) atoms. The highest BCUT2D eigenvalue weighted by atomic mass is 16.6. The summed E-state index contributed by atoms with van der Waals surface area (Å²) in [7, 11) is 0. The number of ether oxygens (including phenoxy) is 1.